The summed E-state index contributed by atoms with van der Waals surface area (Å²) in [5.74, 6) is 0.786. The zero-order valence-electron chi connectivity index (χ0n) is 13.2. The fourth-order valence-electron chi connectivity index (χ4n) is 2.70. The lowest BCUT2D eigenvalue weighted by Crippen LogP contribution is -2.53. The van der Waals surface area contributed by atoms with Gasteiger partial charge < -0.3 is 10.2 Å². The van der Waals surface area contributed by atoms with Crippen molar-refractivity contribution in [2.24, 2.45) is 0 Å². The van der Waals surface area contributed by atoms with Crippen LogP contribution in [0.15, 0.2) is 48.8 Å². The number of carbonyl (C=O) groups is 1. The molecule has 6 nitrogen and oxygen atoms in total. The highest BCUT2D eigenvalue weighted by atomic mass is 16.2. The number of amides is 1. The van der Waals surface area contributed by atoms with E-state index in [1.54, 1.807) is 12.4 Å². The summed E-state index contributed by atoms with van der Waals surface area (Å²) in [5.41, 5.74) is 0.834. The van der Waals surface area contributed by atoms with E-state index in [0.717, 1.165) is 37.8 Å². The lowest BCUT2D eigenvalue weighted by atomic mass is 10.2. The molecule has 1 aliphatic rings. The summed E-state index contributed by atoms with van der Waals surface area (Å²) in [6, 6.07) is 11.2. The summed E-state index contributed by atoms with van der Waals surface area (Å²) in [6.07, 6.45) is 3.51. The van der Waals surface area contributed by atoms with Gasteiger partial charge in [-0.1, -0.05) is 18.2 Å². The molecule has 1 aliphatic heterocycles. The lowest BCUT2D eigenvalue weighted by molar-refractivity contribution is -0.120. The Bertz CT molecular complexity index is 626. The molecule has 0 unspecified atom stereocenters. The smallest absolute Gasteiger partial charge is 0.241 e. The maximum Gasteiger partial charge on any atom is 0.241 e. The van der Waals surface area contributed by atoms with Crippen LogP contribution in [-0.4, -0.2) is 53.0 Å². The van der Waals surface area contributed by atoms with Gasteiger partial charge >= 0.3 is 0 Å². The van der Waals surface area contributed by atoms with Crippen LogP contribution in [0.1, 0.15) is 6.92 Å². The van der Waals surface area contributed by atoms with E-state index in [1.165, 1.54) is 0 Å². The molecule has 2 aromatic rings. The van der Waals surface area contributed by atoms with Crippen molar-refractivity contribution in [3.63, 3.8) is 0 Å². The summed E-state index contributed by atoms with van der Waals surface area (Å²) in [4.78, 5) is 25.3. The molecule has 1 saturated heterocycles. The third-order valence-electron chi connectivity index (χ3n) is 4.12. The molecular weight excluding hydrogens is 290 g/mol. The number of hydrogen-bond donors (Lipinski definition) is 1. The van der Waals surface area contributed by atoms with Gasteiger partial charge in [0.25, 0.3) is 0 Å². The molecule has 23 heavy (non-hydrogen) atoms. The number of piperazine rings is 1. The second-order valence-electron chi connectivity index (χ2n) is 5.60. The monoisotopic (exact) mass is 311 g/mol. The fourth-order valence-corrected chi connectivity index (χ4v) is 2.70. The van der Waals surface area contributed by atoms with Crippen molar-refractivity contribution in [3.8, 4) is 0 Å². The van der Waals surface area contributed by atoms with E-state index in [-0.39, 0.29) is 11.9 Å². The Hall–Kier alpha value is -2.47. The molecule has 120 valence electrons. The zero-order chi connectivity index (χ0) is 16.1. The topological polar surface area (TPSA) is 61.4 Å². The van der Waals surface area contributed by atoms with Crippen LogP contribution < -0.4 is 10.2 Å². The highest BCUT2D eigenvalue weighted by Gasteiger charge is 2.26. The molecule has 1 amide bonds. The molecule has 0 aliphatic carbocycles. The zero-order valence-corrected chi connectivity index (χ0v) is 13.2. The summed E-state index contributed by atoms with van der Waals surface area (Å²) >= 11 is 0. The highest BCUT2D eigenvalue weighted by molar-refractivity contribution is 5.94. The summed E-state index contributed by atoms with van der Waals surface area (Å²) in [7, 11) is 0. The van der Waals surface area contributed by atoms with Crippen LogP contribution in [0.3, 0.4) is 0 Å². The number of benzene rings is 1. The average Bonchev–Trinajstić information content (AvgIpc) is 2.63. The normalized spacial score (nSPS) is 16.8. The van der Waals surface area contributed by atoms with E-state index in [4.69, 9.17) is 0 Å². The van der Waals surface area contributed by atoms with Crippen LogP contribution in [0, 0.1) is 0 Å². The molecule has 0 saturated carbocycles. The van der Waals surface area contributed by atoms with Crippen LogP contribution in [0.25, 0.3) is 0 Å². The predicted molar refractivity (Wildman–Crippen MR) is 90.4 cm³/mol. The molecule has 0 radical (unpaired) electrons. The molecular formula is C17H21N5O. The SMILES string of the molecule is C[C@@H](C(=O)Nc1ccccc1)N1CCN(c2ncccn2)CC1. The van der Waals surface area contributed by atoms with Crippen LogP contribution in [0.5, 0.6) is 0 Å². The van der Waals surface area contributed by atoms with E-state index < -0.39 is 0 Å². The molecule has 1 fully saturated rings. The van der Waals surface area contributed by atoms with Gasteiger partial charge in [-0.2, -0.15) is 0 Å². The Morgan fingerprint density at radius 3 is 2.35 bits per heavy atom. The summed E-state index contributed by atoms with van der Waals surface area (Å²) in [5, 5.41) is 2.96. The first-order valence-electron chi connectivity index (χ1n) is 7.86. The van der Waals surface area contributed by atoms with E-state index in [2.05, 4.69) is 25.1 Å². The van der Waals surface area contributed by atoms with Crippen molar-refractivity contribution in [1.29, 1.82) is 0 Å². The molecule has 6 heteroatoms. The number of para-hydroxylation sites is 1. The van der Waals surface area contributed by atoms with Gasteiger partial charge in [0.15, 0.2) is 0 Å². The van der Waals surface area contributed by atoms with Crippen molar-refractivity contribution in [2.45, 2.75) is 13.0 Å². The Morgan fingerprint density at radius 2 is 1.70 bits per heavy atom. The Labute approximate surface area is 136 Å². The third kappa shape index (κ3) is 3.84. The minimum atomic E-state index is -0.158. The van der Waals surface area contributed by atoms with Gasteiger partial charge in [0.1, 0.15) is 0 Å². The van der Waals surface area contributed by atoms with E-state index >= 15 is 0 Å². The molecule has 0 spiro atoms. The fraction of sp³-hybridized carbons (Fsp3) is 0.353. The minimum Gasteiger partial charge on any atom is -0.338 e. The van der Waals surface area contributed by atoms with Crippen LogP contribution in [0.4, 0.5) is 11.6 Å². The molecule has 3 rings (SSSR count). The highest BCUT2D eigenvalue weighted by Crippen LogP contribution is 2.13. The number of nitrogens with one attached hydrogen (secondary N) is 1. The van der Waals surface area contributed by atoms with E-state index in [0.29, 0.717) is 0 Å². The molecule has 1 aromatic carbocycles. The lowest BCUT2D eigenvalue weighted by Gasteiger charge is -2.37. The summed E-state index contributed by atoms with van der Waals surface area (Å²) in [6.45, 7) is 5.25. The maximum absolute atomic E-state index is 12.4. The van der Waals surface area contributed by atoms with Gasteiger partial charge in [-0.15, -0.1) is 0 Å². The van der Waals surface area contributed by atoms with Crippen molar-refractivity contribution in [1.82, 2.24) is 14.9 Å². The first kappa shape index (κ1) is 15.4. The molecule has 2 heterocycles. The Balaban J connectivity index is 1.53. The van der Waals surface area contributed by atoms with Crippen LogP contribution in [0.2, 0.25) is 0 Å². The summed E-state index contributed by atoms with van der Waals surface area (Å²) < 4.78 is 0. The average molecular weight is 311 g/mol. The van der Waals surface area contributed by atoms with Crippen molar-refractivity contribution in [2.75, 3.05) is 36.4 Å². The van der Waals surface area contributed by atoms with Crippen LogP contribution >= 0.6 is 0 Å². The number of rotatable bonds is 4. The van der Waals surface area contributed by atoms with Crippen molar-refractivity contribution < 1.29 is 4.79 Å². The Kier molecular flexibility index (Phi) is 4.83. The van der Waals surface area contributed by atoms with Gasteiger partial charge in [-0.25, -0.2) is 9.97 Å². The first-order chi connectivity index (χ1) is 11.2. The van der Waals surface area contributed by atoms with Gasteiger partial charge in [0.05, 0.1) is 6.04 Å². The van der Waals surface area contributed by atoms with Gasteiger partial charge in [-0.3, -0.25) is 9.69 Å². The standard InChI is InChI=1S/C17H21N5O/c1-14(16(23)20-15-6-3-2-4-7-15)21-10-12-22(13-11-21)17-18-8-5-9-19-17/h2-9,14H,10-13H2,1H3,(H,20,23)/t14-/m0/s1. The first-order valence-corrected chi connectivity index (χ1v) is 7.86. The van der Waals surface area contributed by atoms with Gasteiger partial charge in [0.2, 0.25) is 11.9 Å². The second kappa shape index (κ2) is 7.19. The number of nitrogens with zero attached hydrogens (tertiary/aromatic N) is 4. The minimum absolute atomic E-state index is 0.0283. The molecule has 1 aromatic heterocycles. The molecule has 0 bridgehead atoms. The molecule has 1 atom stereocenters. The van der Waals surface area contributed by atoms with Crippen molar-refractivity contribution >= 4 is 17.5 Å². The number of aromatic nitrogens is 2. The number of hydrogen-bond acceptors (Lipinski definition) is 5. The van der Waals surface area contributed by atoms with Gasteiger partial charge in [-0.05, 0) is 25.1 Å². The number of anilines is 2. The third-order valence-corrected chi connectivity index (χ3v) is 4.12. The quantitative estimate of drug-likeness (QED) is 0.930. The Morgan fingerprint density at radius 1 is 1.04 bits per heavy atom. The van der Waals surface area contributed by atoms with E-state index in [9.17, 15) is 4.79 Å². The van der Waals surface area contributed by atoms with Crippen LogP contribution in [-0.2, 0) is 4.79 Å². The van der Waals surface area contributed by atoms with Gasteiger partial charge in [0, 0.05) is 44.3 Å². The molecule has 1 N–H and O–H groups in total. The van der Waals surface area contributed by atoms with E-state index in [1.807, 2.05) is 43.3 Å². The van der Waals surface area contributed by atoms with Crippen molar-refractivity contribution in [3.05, 3.63) is 48.8 Å². The number of carbonyl (C=O) groups excluding carboxylic acids is 1. The predicted octanol–water partition coefficient (Wildman–Crippen LogP) is 1.63. The second-order valence-corrected chi connectivity index (χ2v) is 5.60. The largest absolute Gasteiger partial charge is 0.338 e. The maximum atomic E-state index is 12.4.